The Kier molecular flexibility index (Phi) is 6.32. The molecule has 2 rings (SSSR count). The van der Waals surface area contributed by atoms with Crippen molar-refractivity contribution in [3.05, 3.63) is 71.8 Å². The lowest BCUT2D eigenvalue weighted by atomic mass is 10.1. The van der Waals surface area contributed by atoms with Crippen molar-refractivity contribution < 1.29 is 9.59 Å². The van der Waals surface area contributed by atoms with Gasteiger partial charge in [0.1, 0.15) is 0 Å². The second-order valence-electron chi connectivity index (χ2n) is 5.26. The van der Waals surface area contributed by atoms with Gasteiger partial charge in [-0.15, -0.1) is 0 Å². The number of amides is 2. The molecule has 2 aromatic carbocycles. The molecule has 0 radical (unpaired) electrons. The van der Waals surface area contributed by atoms with Crippen LogP contribution < -0.4 is 5.32 Å². The summed E-state index contributed by atoms with van der Waals surface area (Å²) in [5.74, 6) is -0.346. The Labute approximate surface area is 142 Å². The number of anilines is 1. The summed E-state index contributed by atoms with van der Waals surface area (Å²) in [5, 5.41) is 2.79. The molecule has 0 unspecified atom stereocenters. The van der Waals surface area contributed by atoms with Gasteiger partial charge in [-0.1, -0.05) is 42.5 Å². The van der Waals surface area contributed by atoms with E-state index in [-0.39, 0.29) is 11.8 Å². The van der Waals surface area contributed by atoms with Crippen LogP contribution in [0.1, 0.15) is 29.8 Å². The number of benzene rings is 2. The van der Waals surface area contributed by atoms with Crippen LogP contribution in [0.25, 0.3) is 6.08 Å². The third kappa shape index (κ3) is 4.56. The van der Waals surface area contributed by atoms with E-state index in [1.165, 1.54) is 6.08 Å². The number of hydrogen-bond donors (Lipinski definition) is 1. The van der Waals surface area contributed by atoms with E-state index in [1.807, 2.05) is 44.2 Å². The largest absolute Gasteiger partial charge is 0.339 e. The highest BCUT2D eigenvalue weighted by Crippen LogP contribution is 2.17. The van der Waals surface area contributed by atoms with Gasteiger partial charge < -0.3 is 10.2 Å². The second-order valence-corrected chi connectivity index (χ2v) is 5.26. The van der Waals surface area contributed by atoms with E-state index >= 15 is 0 Å². The molecule has 0 heterocycles. The minimum absolute atomic E-state index is 0.0806. The lowest BCUT2D eigenvalue weighted by Gasteiger charge is -2.20. The molecular weight excluding hydrogens is 300 g/mol. The van der Waals surface area contributed by atoms with Gasteiger partial charge in [-0.2, -0.15) is 0 Å². The van der Waals surface area contributed by atoms with Gasteiger partial charge in [-0.3, -0.25) is 9.59 Å². The minimum Gasteiger partial charge on any atom is -0.339 e. The van der Waals surface area contributed by atoms with Crippen molar-refractivity contribution in [1.29, 1.82) is 0 Å². The molecule has 124 valence electrons. The van der Waals surface area contributed by atoms with E-state index in [0.717, 1.165) is 5.56 Å². The molecule has 4 nitrogen and oxygen atoms in total. The molecule has 4 heteroatoms. The van der Waals surface area contributed by atoms with Gasteiger partial charge in [0.25, 0.3) is 5.91 Å². The predicted octanol–water partition coefficient (Wildman–Crippen LogP) is 3.82. The molecule has 1 N–H and O–H groups in total. The fourth-order valence-electron chi connectivity index (χ4n) is 2.37. The third-order valence-corrected chi connectivity index (χ3v) is 3.69. The van der Waals surface area contributed by atoms with Gasteiger partial charge in [-0.25, -0.2) is 0 Å². The molecule has 2 aromatic rings. The molecule has 0 fully saturated rings. The molecular formula is C20H22N2O2. The summed E-state index contributed by atoms with van der Waals surface area (Å²) in [6, 6.07) is 16.7. The summed E-state index contributed by atoms with van der Waals surface area (Å²) in [5.41, 5.74) is 1.97. The minimum atomic E-state index is -0.265. The first-order chi connectivity index (χ1) is 11.7. The Bertz CT molecular complexity index is 719. The SMILES string of the molecule is CCN(CC)C(=O)c1ccccc1NC(=O)/C=C/c1ccccc1. The standard InChI is InChI=1S/C20H22N2O2/c1-3-22(4-2)20(24)17-12-8-9-13-18(17)21-19(23)15-14-16-10-6-5-7-11-16/h5-15H,3-4H2,1-2H3,(H,21,23)/b15-14+. The van der Waals surface area contributed by atoms with Crippen molar-refractivity contribution in [3.8, 4) is 0 Å². The summed E-state index contributed by atoms with van der Waals surface area (Å²) in [6.45, 7) is 5.13. The maximum atomic E-state index is 12.5. The van der Waals surface area contributed by atoms with Crippen molar-refractivity contribution in [2.45, 2.75) is 13.8 Å². The summed E-state index contributed by atoms with van der Waals surface area (Å²) in [6.07, 6.45) is 3.21. The molecule has 0 aromatic heterocycles. The van der Waals surface area contributed by atoms with Crippen LogP contribution in [0.2, 0.25) is 0 Å². The van der Waals surface area contributed by atoms with Gasteiger partial charge in [-0.05, 0) is 37.6 Å². The summed E-state index contributed by atoms with van der Waals surface area (Å²) in [4.78, 5) is 26.4. The van der Waals surface area contributed by atoms with E-state index in [1.54, 1.807) is 35.2 Å². The van der Waals surface area contributed by atoms with Gasteiger partial charge in [0.2, 0.25) is 5.91 Å². The first kappa shape index (κ1) is 17.5. The molecule has 0 aliphatic rings. The number of hydrogen-bond acceptors (Lipinski definition) is 2. The van der Waals surface area contributed by atoms with Gasteiger partial charge in [0.05, 0.1) is 11.3 Å². The van der Waals surface area contributed by atoms with Crippen molar-refractivity contribution in [2.24, 2.45) is 0 Å². The first-order valence-corrected chi connectivity index (χ1v) is 8.08. The van der Waals surface area contributed by atoms with Gasteiger partial charge in [0.15, 0.2) is 0 Å². The van der Waals surface area contributed by atoms with E-state index in [4.69, 9.17) is 0 Å². The smallest absolute Gasteiger partial charge is 0.255 e. The van der Waals surface area contributed by atoms with E-state index in [2.05, 4.69) is 5.32 Å². The van der Waals surface area contributed by atoms with Crippen LogP contribution in [0.4, 0.5) is 5.69 Å². The van der Waals surface area contributed by atoms with Crippen molar-refractivity contribution in [1.82, 2.24) is 4.90 Å². The zero-order chi connectivity index (χ0) is 17.4. The predicted molar refractivity (Wildman–Crippen MR) is 97.8 cm³/mol. The van der Waals surface area contributed by atoms with E-state index in [0.29, 0.717) is 24.3 Å². The van der Waals surface area contributed by atoms with Crippen LogP contribution in [0.15, 0.2) is 60.7 Å². The lowest BCUT2D eigenvalue weighted by molar-refractivity contribution is -0.111. The second kappa shape index (κ2) is 8.67. The zero-order valence-electron chi connectivity index (χ0n) is 14.0. The highest BCUT2D eigenvalue weighted by Gasteiger charge is 2.16. The Morgan fingerprint density at radius 2 is 1.58 bits per heavy atom. The summed E-state index contributed by atoms with van der Waals surface area (Å²) in [7, 11) is 0. The average molecular weight is 322 g/mol. The number of nitrogens with one attached hydrogen (secondary N) is 1. The molecule has 0 atom stereocenters. The monoisotopic (exact) mass is 322 g/mol. The van der Waals surface area contributed by atoms with Crippen LogP contribution in [-0.4, -0.2) is 29.8 Å². The maximum Gasteiger partial charge on any atom is 0.255 e. The summed E-state index contributed by atoms with van der Waals surface area (Å²) >= 11 is 0. The number of carbonyl (C=O) groups is 2. The van der Waals surface area contributed by atoms with Crippen molar-refractivity contribution in [3.63, 3.8) is 0 Å². The van der Waals surface area contributed by atoms with Crippen LogP contribution in [0, 0.1) is 0 Å². The Morgan fingerprint density at radius 3 is 2.25 bits per heavy atom. The van der Waals surface area contributed by atoms with Crippen LogP contribution in [-0.2, 0) is 4.79 Å². The molecule has 0 aliphatic heterocycles. The molecule has 0 bridgehead atoms. The lowest BCUT2D eigenvalue weighted by Crippen LogP contribution is -2.31. The van der Waals surface area contributed by atoms with Gasteiger partial charge >= 0.3 is 0 Å². The molecule has 0 spiro atoms. The van der Waals surface area contributed by atoms with Crippen LogP contribution in [0.3, 0.4) is 0 Å². The highest BCUT2D eigenvalue weighted by molar-refractivity contribution is 6.07. The summed E-state index contributed by atoms with van der Waals surface area (Å²) < 4.78 is 0. The zero-order valence-corrected chi connectivity index (χ0v) is 14.0. The third-order valence-electron chi connectivity index (χ3n) is 3.69. The van der Waals surface area contributed by atoms with E-state index in [9.17, 15) is 9.59 Å². The molecule has 0 saturated carbocycles. The van der Waals surface area contributed by atoms with Gasteiger partial charge in [0, 0.05) is 19.2 Å². The molecule has 0 aliphatic carbocycles. The maximum absolute atomic E-state index is 12.5. The molecule has 24 heavy (non-hydrogen) atoms. The number of carbonyl (C=O) groups excluding carboxylic acids is 2. The molecule has 2 amide bonds. The fraction of sp³-hybridized carbons (Fsp3) is 0.200. The normalized spacial score (nSPS) is 10.6. The first-order valence-electron chi connectivity index (χ1n) is 8.08. The topological polar surface area (TPSA) is 49.4 Å². The number of nitrogens with zero attached hydrogens (tertiary/aromatic N) is 1. The Balaban J connectivity index is 2.14. The van der Waals surface area contributed by atoms with Crippen molar-refractivity contribution >= 4 is 23.6 Å². The van der Waals surface area contributed by atoms with Crippen molar-refractivity contribution in [2.75, 3.05) is 18.4 Å². The Morgan fingerprint density at radius 1 is 0.958 bits per heavy atom. The average Bonchev–Trinajstić information content (AvgIpc) is 2.62. The van der Waals surface area contributed by atoms with Crippen LogP contribution in [0.5, 0.6) is 0 Å². The Hall–Kier alpha value is -2.88. The fourth-order valence-corrected chi connectivity index (χ4v) is 2.37. The number of para-hydroxylation sites is 1. The highest BCUT2D eigenvalue weighted by atomic mass is 16.2. The van der Waals surface area contributed by atoms with Crippen LogP contribution >= 0.6 is 0 Å². The molecule has 0 saturated heterocycles. The number of rotatable bonds is 6. The van der Waals surface area contributed by atoms with E-state index < -0.39 is 0 Å². The quantitative estimate of drug-likeness (QED) is 0.822.